The Morgan fingerprint density at radius 1 is 0.913 bits per heavy atom. The van der Waals surface area contributed by atoms with Crippen LogP contribution in [-0.2, 0) is 0 Å². The third kappa shape index (κ3) is 1.90. The van der Waals surface area contributed by atoms with E-state index < -0.39 is 0 Å². The highest BCUT2D eigenvalue weighted by atomic mass is 16.3. The number of pyridine rings is 1. The van der Waals surface area contributed by atoms with E-state index in [2.05, 4.69) is 4.98 Å². The van der Waals surface area contributed by atoms with Crippen molar-refractivity contribution in [1.29, 1.82) is 0 Å². The number of aromatic hydroxyl groups is 1. The van der Waals surface area contributed by atoms with E-state index in [1.165, 1.54) is 12.3 Å². The summed E-state index contributed by atoms with van der Waals surface area (Å²) in [7, 11) is 0. The van der Waals surface area contributed by atoms with E-state index >= 15 is 0 Å². The molecular weight excluding hydrogens is 294 g/mol. The van der Waals surface area contributed by atoms with Gasteiger partial charge >= 0.3 is 0 Å². The second-order valence-corrected chi connectivity index (χ2v) is 5.51. The first-order valence-corrected chi connectivity index (χ1v) is 7.10. The molecule has 0 amide bonds. The molecule has 0 saturated heterocycles. The van der Waals surface area contributed by atoms with Gasteiger partial charge in [-0.05, 0) is 23.8 Å². The Bertz CT molecular complexity index is 1060. The van der Waals surface area contributed by atoms with Gasteiger partial charge in [0, 0.05) is 28.3 Å². The van der Waals surface area contributed by atoms with Gasteiger partial charge in [-0.15, -0.1) is 0 Å². The van der Waals surface area contributed by atoms with Crippen LogP contribution in [0.15, 0.2) is 47.4 Å². The van der Waals surface area contributed by atoms with Gasteiger partial charge < -0.3 is 10.1 Å². The molecule has 5 nitrogen and oxygen atoms in total. The number of benzene rings is 2. The van der Waals surface area contributed by atoms with Crippen molar-refractivity contribution in [2.45, 2.75) is 6.42 Å². The molecule has 112 valence electrons. The van der Waals surface area contributed by atoms with Crippen LogP contribution in [-0.4, -0.2) is 21.7 Å². The number of hydrogen-bond donors (Lipinski definition) is 2. The lowest BCUT2D eigenvalue weighted by molar-refractivity contribution is 0.0923. The van der Waals surface area contributed by atoms with Crippen LogP contribution < -0.4 is 5.56 Å². The third-order valence-corrected chi connectivity index (χ3v) is 4.16. The van der Waals surface area contributed by atoms with Crippen molar-refractivity contribution in [3.8, 4) is 16.9 Å². The molecule has 0 spiro atoms. The fourth-order valence-electron chi connectivity index (χ4n) is 3.05. The lowest BCUT2D eigenvalue weighted by atomic mass is 9.97. The van der Waals surface area contributed by atoms with Crippen LogP contribution in [0.5, 0.6) is 5.75 Å². The van der Waals surface area contributed by atoms with Crippen LogP contribution in [0.2, 0.25) is 0 Å². The molecule has 3 aromatic rings. The molecule has 0 fully saturated rings. The highest BCUT2D eigenvalue weighted by Gasteiger charge is 2.27. The van der Waals surface area contributed by atoms with Crippen molar-refractivity contribution < 1.29 is 14.7 Å². The second kappa shape index (κ2) is 4.64. The predicted octanol–water partition coefficient (Wildman–Crippen LogP) is 2.67. The van der Waals surface area contributed by atoms with E-state index in [0.717, 1.165) is 0 Å². The monoisotopic (exact) mass is 305 g/mol. The summed E-state index contributed by atoms with van der Waals surface area (Å²) >= 11 is 0. The van der Waals surface area contributed by atoms with Crippen molar-refractivity contribution in [3.05, 3.63) is 64.1 Å². The molecule has 1 aliphatic rings. The van der Waals surface area contributed by atoms with Crippen molar-refractivity contribution in [2.75, 3.05) is 0 Å². The van der Waals surface area contributed by atoms with E-state index in [4.69, 9.17) is 0 Å². The summed E-state index contributed by atoms with van der Waals surface area (Å²) < 4.78 is 0. The number of Topliss-reactive ketones (excluding diaryl/α,β-unsaturated/α-hetero) is 2. The Labute approximate surface area is 130 Å². The molecule has 0 atom stereocenters. The molecule has 0 saturated carbocycles. The molecule has 2 N–H and O–H groups in total. The third-order valence-electron chi connectivity index (χ3n) is 4.16. The van der Waals surface area contributed by atoms with Crippen molar-refractivity contribution in [3.63, 3.8) is 0 Å². The molecule has 1 aromatic heterocycles. The zero-order valence-corrected chi connectivity index (χ0v) is 11.9. The summed E-state index contributed by atoms with van der Waals surface area (Å²) in [6, 6.07) is 9.71. The lowest BCUT2D eigenvalue weighted by Crippen LogP contribution is -2.06. The number of aromatic amines is 1. The normalized spacial score (nSPS) is 13.6. The molecule has 2 aromatic carbocycles. The van der Waals surface area contributed by atoms with Gasteiger partial charge in [0.1, 0.15) is 5.75 Å². The summed E-state index contributed by atoms with van der Waals surface area (Å²) in [6.07, 6.45) is 1.41. The number of phenols is 1. The first-order valence-electron chi connectivity index (χ1n) is 7.10. The largest absolute Gasteiger partial charge is 0.507 e. The number of rotatable bonds is 1. The SMILES string of the molecule is O=C1CC(=O)c2cc(-c3c[nH]c(=O)c4cccc(O)c34)ccc21. The minimum atomic E-state index is -0.299. The molecule has 4 rings (SSSR count). The van der Waals surface area contributed by atoms with E-state index in [1.807, 2.05) is 0 Å². The number of aromatic nitrogens is 1. The summed E-state index contributed by atoms with van der Waals surface area (Å²) in [6.45, 7) is 0. The van der Waals surface area contributed by atoms with E-state index in [0.29, 0.717) is 33.0 Å². The van der Waals surface area contributed by atoms with Crippen LogP contribution in [0.4, 0.5) is 0 Å². The number of H-pyrrole nitrogens is 1. The summed E-state index contributed by atoms with van der Waals surface area (Å²) in [5, 5.41) is 10.9. The zero-order chi connectivity index (χ0) is 16.1. The summed E-state index contributed by atoms with van der Waals surface area (Å²) in [5.74, 6) is -0.387. The Kier molecular flexibility index (Phi) is 2.72. The fraction of sp³-hybridized carbons (Fsp3) is 0.0556. The lowest BCUT2D eigenvalue weighted by Gasteiger charge is -2.09. The standard InChI is InChI=1S/C18H11NO4/c20-14-3-1-2-11-17(14)13(8-19-18(11)23)9-4-5-10-12(6-9)16(22)7-15(10)21/h1-6,8,20H,7H2,(H,19,23). The van der Waals surface area contributed by atoms with E-state index in [1.54, 1.807) is 30.3 Å². The maximum Gasteiger partial charge on any atom is 0.255 e. The van der Waals surface area contributed by atoms with Crippen LogP contribution in [0.1, 0.15) is 27.1 Å². The number of fused-ring (bicyclic) bond motifs is 2. The topological polar surface area (TPSA) is 87.2 Å². The van der Waals surface area contributed by atoms with Crippen LogP contribution in [0, 0.1) is 0 Å². The highest BCUT2D eigenvalue weighted by Crippen LogP contribution is 2.34. The Hall–Kier alpha value is -3.21. The molecule has 0 unspecified atom stereocenters. The number of hydrogen-bond acceptors (Lipinski definition) is 4. The Morgan fingerprint density at radius 2 is 1.70 bits per heavy atom. The maximum atomic E-state index is 11.9. The highest BCUT2D eigenvalue weighted by molar-refractivity contribution is 6.24. The smallest absolute Gasteiger partial charge is 0.255 e. The Balaban J connectivity index is 2.03. The van der Waals surface area contributed by atoms with Gasteiger partial charge in [0.15, 0.2) is 11.6 Å². The molecule has 5 heteroatoms. The molecule has 1 heterocycles. The molecule has 0 bridgehead atoms. The van der Waals surface area contributed by atoms with Crippen molar-refractivity contribution >= 4 is 22.3 Å². The van der Waals surface area contributed by atoms with Gasteiger partial charge in [-0.3, -0.25) is 14.4 Å². The van der Waals surface area contributed by atoms with Gasteiger partial charge in [0.05, 0.1) is 11.8 Å². The number of carbonyl (C=O) groups excluding carboxylic acids is 2. The van der Waals surface area contributed by atoms with Gasteiger partial charge in [-0.2, -0.15) is 0 Å². The first-order chi connectivity index (χ1) is 11.1. The molecule has 1 aliphatic carbocycles. The number of nitrogens with one attached hydrogen (secondary N) is 1. The van der Waals surface area contributed by atoms with Gasteiger partial charge in [-0.25, -0.2) is 0 Å². The zero-order valence-electron chi connectivity index (χ0n) is 11.9. The Morgan fingerprint density at radius 3 is 2.52 bits per heavy atom. The average Bonchev–Trinajstić information content (AvgIpc) is 2.83. The van der Waals surface area contributed by atoms with E-state index in [-0.39, 0.29) is 29.3 Å². The average molecular weight is 305 g/mol. The maximum absolute atomic E-state index is 11.9. The van der Waals surface area contributed by atoms with Crippen LogP contribution in [0.25, 0.3) is 21.9 Å². The second-order valence-electron chi connectivity index (χ2n) is 5.51. The summed E-state index contributed by atoms with van der Waals surface area (Å²) in [5.41, 5.74) is 1.79. The van der Waals surface area contributed by atoms with Gasteiger partial charge in [0.25, 0.3) is 5.56 Å². The number of ketones is 2. The van der Waals surface area contributed by atoms with E-state index in [9.17, 15) is 19.5 Å². The summed E-state index contributed by atoms with van der Waals surface area (Å²) in [4.78, 5) is 38.2. The molecule has 0 aliphatic heterocycles. The number of phenolic OH excluding ortho intramolecular Hbond substituents is 1. The number of carbonyl (C=O) groups is 2. The fourth-order valence-corrected chi connectivity index (χ4v) is 3.05. The predicted molar refractivity (Wildman–Crippen MR) is 84.9 cm³/mol. The van der Waals surface area contributed by atoms with Crippen molar-refractivity contribution in [1.82, 2.24) is 4.98 Å². The first kappa shape index (κ1) is 13.5. The molecular formula is C18H11NO4. The van der Waals surface area contributed by atoms with Crippen molar-refractivity contribution in [2.24, 2.45) is 0 Å². The minimum absolute atomic E-state index is 0.00787. The van der Waals surface area contributed by atoms with Gasteiger partial charge in [0.2, 0.25) is 0 Å². The van der Waals surface area contributed by atoms with Gasteiger partial charge in [-0.1, -0.05) is 18.2 Å². The minimum Gasteiger partial charge on any atom is -0.507 e. The van der Waals surface area contributed by atoms with Crippen LogP contribution in [0.3, 0.4) is 0 Å². The quantitative estimate of drug-likeness (QED) is 0.677. The molecule has 0 radical (unpaired) electrons. The van der Waals surface area contributed by atoms with Crippen LogP contribution >= 0.6 is 0 Å². The molecule has 23 heavy (non-hydrogen) atoms.